The van der Waals surface area contributed by atoms with E-state index in [2.05, 4.69) is 35.0 Å². The highest BCUT2D eigenvalue weighted by molar-refractivity contribution is 7.10. The van der Waals surface area contributed by atoms with Gasteiger partial charge in [-0.2, -0.15) is 0 Å². The van der Waals surface area contributed by atoms with Crippen LogP contribution in [0.15, 0.2) is 41.8 Å². The van der Waals surface area contributed by atoms with Crippen molar-refractivity contribution in [3.05, 3.63) is 52.2 Å². The molecule has 3 heteroatoms. The van der Waals surface area contributed by atoms with Gasteiger partial charge >= 0.3 is 0 Å². The van der Waals surface area contributed by atoms with E-state index in [1.165, 1.54) is 36.1 Å². The molecule has 2 nitrogen and oxygen atoms in total. The molecule has 0 bridgehead atoms. The standard InChI is InChI=1S/C17H22N2S/c18-15-9-4-3-8-14(15)12-19-17(13-6-1-2-7-13)16-10-5-11-20-16/h3-5,8-11,13,17,19H,1-2,6-7,12,18H2. The van der Waals surface area contributed by atoms with E-state index in [9.17, 15) is 0 Å². The monoisotopic (exact) mass is 286 g/mol. The largest absolute Gasteiger partial charge is 0.398 e. The molecule has 0 radical (unpaired) electrons. The summed E-state index contributed by atoms with van der Waals surface area (Å²) < 4.78 is 0. The molecule has 1 aromatic heterocycles. The third-order valence-corrected chi connectivity index (χ3v) is 5.24. The van der Waals surface area contributed by atoms with Gasteiger partial charge < -0.3 is 11.1 Å². The van der Waals surface area contributed by atoms with Gasteiger partial charge in [0.1, 0.15) is 0 Å². The number of nitrogens with two attached hydrogens (primary N) is 1. The first-order chi connectivity index (χ1) is 9.84. The highest BCUT2D eigenvalue weighted by atomic mass is 32.1. The summed E-state index contributed by atoms with van der Waals surface area (Å²) in [4.78, 5) is 1.46. The van der Waals surface area contributed by atoms with E-state index in [1.807, 2.05) is 23.5 Å². The Balaban J connectivity index is 1.72. The molecule has 0 aliphatic heterocycles. The van der Waals surface area contributed by atoms with Crippen LogP contribution >= 0.6 is 11.3 Å². The Labute approximate surface area is 125 Å². The highest BCUT2D eigenvalue weighted by Crippen LogP contribution is 2.37. The maximum absolute atomic E-state index is 6.04. The van der Waals surface area contributed by atoms with Gasteiger partial charge in [0.15, 0.2) is 0 Å². The van der Waals surface area contributed by atoms with Crippen molar-refractivity contribution in [2.75, 3.05) is 5.73 Å². The van der Waals surface area contributed by atoms with Crippen LogP contribution in [0.2, 0.25) is 0 Å². The van der Waals surface area contributed by atoms with Crippen LogP contribution in [0.1, 0.15) is 42.2 Å². The summed E-state index contributed by atoms with van der Waals surface area (Å²) in [5.74, 6) is 0.776. The number of benzene rings is 1. The average molecular weight is 286 g/mol. The summed E-state index contributed by atoms with van der Waals surface area (Å²) in [5.41, 5.74) is 8.13. The van der Waals surface area contributed by atoms with Gasteiger partial charge in [-0.15, -0.1) is 11.3 Å². The van der Waals surface area contributed by atoms with E-state index in [0.717, 1.165) is 18.2 Å². The van der Waals surface area contributed by atoms with Crippen LogP contribution in [0.4, 0.5) is 5.69 Å². The number of nitrogen functional groups attached to an aromatic ring is 1. The quantitative estimate of drug-likeness (QED) is 0.802. The Morgan fingerprint density at radius 1 is 1.15 bits per heavy atom. The summed E-state index contributed by atoms with van der Waals surface area (Å²) in [6.45, 7) is 0.853. The molecule has 106 valence electrons. The first-order valence-corrected chi connectivity index (χ1v) is 8.33. The second-order valence-corrected chi connectivity index (χ2v) is 6.60. The first kappa shape index (κ1) is 13.7. The van der Waals surface area contributed by atoms with Gasteiger partial charge in [0.25, 0.3) is 0 Å². The van der Waals surface area contributed by atoms with Crippen molar-refractivity contribution in [3.63, 3.8) is 0 Å². The third-order valence-electron chi connectivity index (χ3n) is 4.29. The van der Waals surface area contributed by atoms with Crippen molar-refractivity contribution in [2.24, 2.45) is 5.92 Å². The fourth-order valence-electron chi connectivity index (χ4n) is 3.17. The first-order valence-electron chi connectivity index (χ1n) is 7.45. The van der Waals surface area contributed by atoms with Gasteiger partial charge in [0.2, 0.25) is 0 Å². The van der Waals surface area contributed by atoms with Crippen LogP contribution in [0.5, 0.6) is 0 Å². The highest BCUT2D eigenvalue weighted by Gasteiger charge is 2.26. The molecule has 1 aromatic carbocycles. The lowest BCUT2D eigenvalue weighted by Gasteiger charge is -2.24. The van der Waals surface area contributed by atoms with Crippen molar-refractivity contribution in [1.82, 2.24) is 5.32 Å². The predicted octanol–water partition coefficient (Wildman–Crippen LogP) is 4.35. The second-order valence-electron chi connectivity index (χ2n) is 5.62. The van der Waals surface area contributed by atoms with Gasteiger partial charge in [0.05, 0.1) is 0 Å². The number of nitrogens with one attached hydrogen (secondary N) is 1. The average Bonchev–Trinajstić information content (AvgIpc) is 3.14. The summed E-state index contributed by atoms with van der Waals surface area (Å²) in [6.07, 6.45) is 5.45. The Bertz CT molecular complexity index is 530. The van der Waals surface area contributed by atoms with Crippen molar-refractivity contribution in [1.29, 1.82) is 0 Å². The molecular weight excluding hydrogens is 264 g/mol. The van der Waals surface area contributed by atoms with Crippen LogP contribution in [-0.4, -0.2) is 0 Å². The van der Waals surface area contributed by atoms with Gasteiger partial charge in [-0.25, -0.2) is 0 Å². The molecule has 1 fully saturated rings. The minimum absolute atomic E-state index is 0.483. The predicted molar refractivity (Wildman–Crippen MR) is 86.7 cm³/mol. The number of anilines is 1. The SMILES string of the molecule is Nc1ccccc1CNC(c1cccs1)C1CCCC1. The topological polar surface area (TPSA) is 38.0 Å². The summed E-state index contributed by atoms with van der Waals surface area (Å²) in [5, 5.41) is 5.93. The van der Waals surface area contributed by atoms with E-state index in [1.54, 1.807) is 0 Å². The number of hydrogen-bond donors (Lipinski definition) is 2. The van der Waals surface area contributed by atoms with E-state index in [0.29, 0.717) is 6.04 Å². The molecule has 3 rings (SSSR count). The zero-order chi connectivity index (χ0) is 13.8. The molecule has 20 heavy (non-hydrogen) atoms. The molecule has 0 spiro atoms. The van der Waals surface area contributed by atoms with E-state index >= 15 is 0 Å². The van der Waals surface area contributed by atoms with Crippen LogP contribution < -0.4 is 11.1 Å². The fourth-order valence-corrected chi connectivity index (χ4v) is 4.07. The lowest BCUT2D eigenvalue weighted by molar-refractivity contribution is 0.371. The lowest BCUT2D eigenvalue weighted by atomic mass is 9.96. The summed E-state index contributed by atoms with van der Waals surface area (Å²) in [6, 6.07) is 13.0. The number of hydrogen-bond acceptors (Lipinski definition) is 3. The van der Waals surface area contributed by atoms with E-state index in [-0.39, 0.29) is 0 Å². The number of thiophene rings is 1. The molecule has 1 atom stereocenters. The Kier molecular flexibility index (Phi) is 4.38. The molecule has 1 heterocycles. The molecule has 1 unspecified atom stereocenters. The molecule has 1 saturated carbocycles. The summed E-state index contributed by atoms with van der Waals surface area (Å²) in [7, 11) is 0. The van der Waals surface area contributed by atoms with Crippen LogP contribution in [0.3, 0.4) is 0 Å². The van der Waals surface area contributed by atoms with Gasteiger partial charge in [-0.1, -0.05) is 37.1 Å². The summed E-state index contributed by atoms with van der Waals surface area (Å²) >= 11 is 1.86. The van der Waals surface area contributed by atoms with E-state index < -0.39 is 0 Å². The lowest BCUT2D eigenvalue weighted by Crippen LogP contribution is -2.26. The molecule has 0 saturated heterocycles. The molecule has 1 aliphatic carbocycles. The van der Waals surface area contributed by atoms with E-state index in [4.69, 9.17) is 5.73 Å². The third kappa shape index (κ3) is 3.05. The minimum atomic E-state index is 0.483. The second kappa shape index (κ2) is 6.42. The van der Waals surface area contributed by atoms with Crippen molar-refractivity contribution >= 4 is 17.0 Å². The number of rotatable bonds is 5. The van der Waals surface area contributed by atoms with Crippen LogP contribution in [-0.2, 0) is 6.54 Å². The zero-order valence-corrected chi connectivity index (χ0v) is 12.5. The Morgan fingerprint density at radius 2 is 1.95 bits per heavy atom. The Morgan fingerprint density at radius 3 is 2.65 bits per heavy atom. The minimum Gasteiger partial charge on any atom is -0.398 e. The Hall–Kier alpha value is -1.32. The van der Waals surface area contributed by atoms with Crippen LogP contribution in [0, 0.1) is 5.92 Å². The zero-order valence-electron chi connectivity index (χ0n) is 11.7. The van der Waals surface area contributed by atoms with Gasteiger partial charge in [-0.3, -0.25) is 0 Å². The van der Waals surface area contributed by atoms with Crippen molar-refractivity contribution in [3.8, 4) is 0 Å². The van der Waals surface area contributed by atoms with Crippen LogP contribution in [0.25, 0.3) is 0 Å². The molecule has 2 aromatic rings. The molecule has 1 aliphatic rings. The van der Waals surface area contributed by atoms with Gasteiger partial charge in [0, 0.05) is 23.2 Å². The van der Waals surface area contributed by atoms with Crippen molar-refractivity contribution < 1.29 is 0 Å². The van der Waals surface area contributed by atoms with Gasteiger partial charge in [-0.05, 0) is 41.8 Å². The smallest absolute Gasteiger partial charge is 0.0446 e. The maximum atomic E-state index is 6.04. The maximum Gasteiger partial charge on any atom is 0.0446 e. The molecule has 3 N–H and O–H groups in total. The molecule has 0 amide bonds. The molecular formula is C17H22N2S. The fraction of sp³-hybridized carbons (Fsp3) is 0.412. The number of para-hydroxylation sites is 1. The van der Waals surface area contributed by atoms with Crippen molar-refractivity contribution in [2.45, 2.75) is 38.3 Å². The normalized spacial score (nSPS) is 17.4.